The van der Waals surface area contributed by atoms with Crippen molar-refractivity contribution in [2.75, 3.05) is 39.5 Å². The van der Waals surface area contributed by atoms with Crippen molar-refractivity contribution < 1.29 is 14.4 Å². The van der Waals surface area contributed by atoms with Gasteiger partial charge in [0.2, 0.25) is 5.88 Å². The standard InChI is InChI=1S/C14H16N4O4/c19-18(20)11-1-2-12-13(9-11)16-14(10-15-12)22-8-5-17-3-6-21-7-4-17/h1-2,9-10H,3-8H2. The topological polar surface area (TPSA) is 90.6 Å². The number of nitrogens with zero attached hydrogens (tertiary/aromatic N) is 4. The fraction of sp³-hybridized carbons (Fsp3) is 0.429. The van der Waals surface area contributed by atoms with E-state index in [0.717, 1.165) is 32.8 Å². The monoisotopic (exact) mass is 304 g/mol. The van der Waals surface area contributed by atoms with Crippen LogP contribution in [0.5, 0.6) is 5.88 Å². The first-order chi connectivity index (χ1) is 10.7. The van der Waals surface area contributed by atoms with E-state index in [9.17, 15) is 10.1 Å². The molecule has 0 spiro atoms. The fourth-order valence-electron chi connectivity index (χ4n) is 2.27. The van der Waals surface area contributed by atoms with Gasteiger partial charge in [-0.25, -0.2) is 9.97 Å². The predicted octanol–water partition coefficient (Wildman–Crippen LogP) is 1.25. The van der Waals surface area contributed by atoms with Crippen molar-refractivity contribution in [2.45, 2.75) is 0 Å². The van der Waals surface area contributed by atoms with E-state index in [-0.39, 0.29) is 5.69 Å². The van der Waals surface area contributed by atoms with Crippen molar-refractivity contribution in [1.29, 1.82) is 0 Å². The molecule has 0 N–H and O–H groups in total. The number of benzene rings is 1. The number of morpholine rings is 1. The molecule has 0 aliphatic carbocycles. The summed E-state index contributed by atoms with van der Waals surface area (Å²) in [6.07, 6.45) is 1.54. The zero-order valence-corrected chi connectivity index (χ0v) is 12.0. The molecule has 2 aromatic rings. The maximum Gasteiger partial charge on any atom is 0.271 e. The molecule has 0 bridgehead atoms. The molecule has 22 heavy (non-hydrogen) atoms. The van der Waals surface area contributed by atoms with Crippen molar-refractivity contribution in [3.63, 3.8) is 0 Å². The van der Waals surface area contributed by atoms with E-state index >= 15 is 0 Å². The molecule has 1 aromatic heterocycles. The van der Waals surface area contributed by atoms with E-state index in [1.54, 1.807) is 6.07 Å². The van der Waals surface area contributed by atoms with Crippen molar-refractivity contribution in [3.8, 4) is 5.88 Å². The van der Waals surface area contributed by atoms with E-state index < -0.39 is 4.92 Å². The highest BCUT2D eigenvalue weighted by Crippen LogP contribution is 2.19. The molecule has 0 saturated carbocycles. The van der Waals surface area contributed by atoms with Gasteiger partial charge in [0.15, 0.2) is 0 Å². The lowest BCUT2D eigenvalue weighted by molar-refractivity contribution is -0.384. The molecule has 1 aliphatic rings. The van der Waals surface area contributed by atoms with Gasteiger partial charge in [0, 0.05) is 31.8 Å². The Labute approximate surface area is 126 Å². The molecule has 0 radical (unpaired) electrons. The Morgan fingerprint density at radius 1 is 1.32 bits per heavy atom. The summed E-state index contributed by atoms with van der Waals surface area (Å²) >= 11 is 0. The molecule has 116 valence electrons. The Bertz CT molecular complexity index is 673. The van der Waals surface area contributed by atoms with E-state index in [1.807, 2.05) is 0 Å². The molecule has 1 aromatic carbocycles. The van der Waals surface area contributed by atoms with Gasteiger partial charge in [0.1, 0.15) is 6.61 Å². The number of nitro benzene ring substituents is 1. The van der Waals surface area contributed by atoms with Crippen LogP contribution in [0.1, 0.15) is 0 Å². The summed E-state index contributed by atoms with van der Waals surface area (Å²) in [5, 5.41) is 10.8. The van der Waals surface area contributed by atoms with Gasteiger partial charge in [-0.2, -0.15) is 0 Å². The lowest BCUT2D eigenvalue weighted by Gasteiger charge is -2.26. The number of fused-ring (bicyclic) bond motifs is 1. The zero-order chi connectivity index (χ0) is 15.4. The summed E-state index contributed by atoms with van der Waals surface area (Å²) in [6.45, 7) is 4.59. The summed E-state index contributed by atoms with van der Waals surface area (Å²) in [4.78, 5) is 21.1. The van der Waals surface area contributed by atoms with E-state index in [2.05, 4.69) is 14.9 Å². The first kappa shape index (κ1) is 14.6. The summed E-state index contributed by atoms with van der Waals surface area (Å²) < 4.78 is 10.9. The Kier molecular flexibility index (Phi) is 4.40. The van der Waals surface area contributed by atoms with Gasteiger partial charge in [-0.05, 0) is 6.07 Å². The van der Waals surface area contributed by atoms with Gasteiger partial charge < -0.3 is 9.47 Å². The number of rotatable bonds is 5. The van der Waals surface area contributed by atoms with Crippen LogP contribution < -0.4 is 4.74 Å². The van der Waals surface area contributed by atoms with Crippen molar-refractivity contribution in [3.05, 3.63) is 34.5 Å². The summed E-state index contributed by atoms with van der Waals surface area (Å²) in [7, 11) is 0. The highest BCUT2D eigenvalue weighted by atomic mass is 16.6. The largest absolute Gasteiger partial charge is 0.475 e. The summed E-state index contributed by atoms with van der Waals surface area (Å²) in [5.74, 6) is 0.376. The lowest BCUT2D eigenvalue weighted by Crippen LogP contribution is -2.38. The van der Waals surface area contributed by atoms with Gasteiger partial charge >= 0.3 is 0 Å². The maximum atomic E-state index is 10.8. The molecule has 2 heterocycles. The first-order valence-electron chi connectivity index (χ1n) is 7.06. The van der Waals surface area contributed by atoms with Gasteiger partial charge in [-0.1, -0.05) is 0 Å². The SMILES string of the molecule is O=[N+]([O-])c1ccc2ncc(OCCN3CCOCC3)nc2c1. The highest BCUT2D eigenvalue weighted by molar-refractivity contribution is 5.77. The van der Waals surface area contributed by atoms with Crippen LogP contribution in [0.4, 0.5) is 5.69 Å². The molecule has 1 fully saturated rings. The molecular formula is C14H16N4O4. The van der Waals surface area contributed by atoms with E-state index in [1.165, 1.54) is 18.3 Å². The zero-order valence-electron chi connectivity index (χ0n) is 12.0. The second-order valence-electron chi connectivity index (χ2n) is 4.94. The number of aromatic nitrogens is 2. The lowest BCUT2D eigenvalue weighted by atomic mass is 10.2. The van der Waals surface area contributed by atoms with Gasteiger partial charge in [0.05, 0.1) is 35.4 Å². The number of hydrogen-bond donors (Lipinski definition) is 0. The molecule has 8 heteroatoms. The molecule has 8 nitrogen and oxygen atoms in total. The number of ether oxygens (including phenoxy) is 2. The van der Waals surface area contributed by atoms with Gasteiger partial charge in [0.25, 0.3) is 5.69 Å². The first-order valence-corrected chi connectivity index (χ1v) is 7.06. The van der Waals surface area contributed by atoms with Crippen LogP contribution in [0, 0.1) is 10.1 Å². The third-order valence-corrected chi connectivity index (χ3v) is 3.48. The van der Waals surface area contributed by atoms with Crippen LogP contribution in [0.3, 0.4) is 0 Å². The van der Waals surface area contributed by atoms with Crippen LogP contribution in [-0.2, 0) is 4.74 Å². The van der Waals surface area contributed by atoms with Gasteiger partial charge in [-0.3, -0.25) is 15.0 Å². The number of hydrogen-bond acceptors (Lipinski definition) is 7. The van der Waals surface area contributed by atoms with Gasteiger partial charge in [-0.15, -0.1) is 0 Å². The Hall–Kier alpha value is -2.32. The average molecular weight is 304 g/mol. The van der Waals surface area contributed by atoms with Crippen molar-refractivity contribution >= 4 is 16.7 Å². The van der Waals surface area contributed by atoms with Crippen LogP contribution in [0.2, 0.25) is 0 Å². The van der Waals surface area contributed by atoms with E-state index in [4.69, 9.17) is 9.47 Å². The molecule has 1 aliphatic heterocycles. The molecule has 3 rings (SSSR count). The second-order valence-corrected chi connectivity index (χ2v) is 4.94. The van der Waals surface area contributed by atoms with Crippen molar-refractivity contribution in [1.82, 2.24) is 14.9 Å². The molecule has 0 atom stereocenters. The van der Waals surface area contributed by atoms with Crippen LogP contribution in [0.15, 0.2) is 24.4 Å². The minimum atomic E-state index is -0.451. The Morgan fingerprint density at radius 3 is 2.91 bits per heavy atom. The fourth-order valence-corrected chi connectivity index (χ4v) is 2.27. The molecular weight excluding hydrogens is 288 g/mol. The normalized spacial score (nSPS) is 15.8. The Morgan fingerprint density at radius 2 is 2.14 bits per heavy atom. The van der Waals surface area contributed by atoms with E-state index in [0.29, 0.717) is 23.5 Å². The minimum Gasteiger partial charge on any atom is -0.475 e. The molecule has 1 saturated heterocycles. The molecule has 0 unspecified atom stereocenters. The molecule has 0 amide bonds. The smallest absolute Gasteiger partial charge is 0.271 e. The third kappa shape index (κ3) is 3.46. The predicted molar refractivity (Wildman–Crippen MR) is 78.9 cm³/mol. The highest BCUT2D eigenvalue weighted by Gasteiger charge is 2.11. The van der Waals surface area contributed by atoms with Crippen molar-refractivity contribution in [2.24, 2.45) is 0 Å². The minimum absolute atomic E-state index is 0.00716. The third-order valence-electron chi connectivity index (χ3n) is 3.48. The summed E-state index contributed by atoms with van der Waals surface area (Å²) in [5.41, 5.74) is 1.05. The summed E-state index contributed by atoms with van der Waals surface area (Å²) in [6, 6.07) is 4.39. The Balaban J connectivity index is 1.64. The van der Waals surface area contributed by atoms with Crippen LogP contribution >= 0.6 is 0 Å². The second kappa shape index (κ2) is 6.63. The number of non-ortho nitro benzene ring substituents is 1. The average Bonchev–Trinajstić information content (AvgIpc) is 2.55. The number of nitro groups is 1. The maximum absolute atomic E-state index is 10.8. The van der Waals surface area contributed by atoms with Crippen LogP contribution in [0.25, 0.3) is 11.0 Å². The van der Waals surface area contributed by atoms with Crippen LogP contribution in [-0.4, -0.2) is 59.2 Å². The quantitative estimate of drug-likeness (QED) is 0.606.